The highest BCUT2D eigenvalue weighted by atomic mass is 79.9. The molecular weight excluding hydrogens is 344 g/mol. The molecule has 0 aliphatic heterocycles. The number of rotatable bonds is 11. The van der Waals surface area contributed by atoms with Gasteiger partial charge in [-0.05, 0) is 18.2 Å². The molecular formula is C14H19BrO6. The van der Waals surface area contributed by atoms with Crippen LogP contribution in [-0.2, 0) is 14.2 Å². The van der Waals surface area contributed by atoms with E-state index in [1.165, 1.54) is 6.07 Å². The van der Waals surface area contributed by atoms with E-state index in [2.05, 4.69) is 15.9 Å². The number of carbonyl (C=O) groups is 1. The molecule has 0 bridgehead atoms. The predicted molar refractivity (Wildman–Crippen MR) is 80.1 cm³/mol. The average Bonchev–Trinajstić information content (AvgIpc) is 2.45. The molecule has 0 aliphatic rings. The second-order valence-electron chi connectivity index (χ2n) is 4.01. The molecule has 118 valence electrons. The molecule has 0 heterocycles. The lowest BCUT2D eigenvalue weighted by molar-refractivity contribution is 0.0178. The number of benzene rings is 1. The van der Waals surface area contributed by atoms with Gasteiger partial charge >= 0.3 is 5.97 Å². The van der Waals surface area contributed by atoms with Crippen LogP contribution in [0, 0.1) is 0 Å². The van der Waals surface area contributed by atoms with E-state index in [9.17, 15) is 4.79 Å². The summed E-state index contributed by atoms with van der Waals surface area (Å²) in [5.74, 6) is -0.707. The minimum atomic E-state index is -1.02. The zero-order valence-electron chi connectivity index (χ0n) is 11.8. The molecule has 0 fully saturated rings. The van der Waals surface area contributed by atoms with Crippen molar-refractivity contribution < 1.29 is 28.8 Å². The molecule has 0 saturated heterocycles. The minimum Gasteiger partial charge on any atom is -0.490 e. The normalized spacial score (nSPS) is 10.6. The maximum absolute atomic E-state index is 11.0. The van der Waals surface area contributed by atoms with Crippen molar-refractivity contribution in [1.29, 1.82) is 0 Å². The first-order valence-corrected chi connectivity index (χ1v) is 7.24. The molecule has 0 spiro atoms. The molecule has 7 heteroatoms. The molecule has 0 aliphatic carbocycles. The lowest BCUT2D eigenvalue weighted by Crippen LogP contribution is -2.13. The fourth-order valence-corrected chi connectivity index (χ4v) is 1.81. The maximum atomic E-state index is 11.0. The van der Waals surface area contributed by atoms with E-state index >= 15 is 0 Å². The van der Waals surface area contributed by atoms with Gasteiger partial charge < -0.3 is 24.1 Å². The summed E-state index contributed by atoms with van der Waals surface area (Å²) >= 11 is 3.28. The van der Waals surface area contributed by atoms with Crippen molar-refractivity contribution in [1.82, 2.24) is 0 Å². The van der Waals surface area contributed by atoms with Gasteiger partial charge in [0.15, 0.2) is 0 Å². The fourth-order valence-electron chi connectivity index (χ4n) is 1.47. The van der Waals surface area contributed by atoms with Crippen LogP contribution < -0.4 is 4.74 Å². The Kier molecular flexibility index (Phi) is 9.00. The fraction of sp³-hybridized carbons (Fsp3) is 0.500. The molecule has 0 radical (unpaired) electrons. The summed E-state index contributed by atoms with van der Waals surface area (Å²) < 4.78 is 21.6. The van der Waals surface area contributed by atoms with Crippen LogP contribution in [0.2, 0.25) is 0 Å². The highest BCUT2D eigenvalue weighted by molar-refractivity contribution is 9.10. The second-order valence-corrected chi connectivity index (χ2v) is 4.93. The third-order valence-electron chi connectivity index (χ3n) is 2.46. The highest BCUT2D eigenvalue weighted by Gasteiger charge is 2.11. The quantitative estimate of drug-likeness (QED) is 0.608. The molecule has 1 aromatic rings. The Morgan fingerprint density at radius 1 is 1.10 bits per heavy atom. The number of carboxylic acid groups (broad SMARTS) is 1. The number of carboxylic acids is 1. The van der Waals surface area contributed by atoms with Crippen molar-refractivity contribution in [2.24, 2.45) is 0 Å². The van der Waals surface area contributed by atoms with Gasteiger partial charge in [0.1, 0.15) is 17.9 Å². The van der Waals surface area contributed by atoms with E-state index in [0.29, 0.717) is 38.8 Å². The Bertz CT molecular complexity index is 437. The number of ether oxygens (including phenoxy) is 4. The Morgan fingerprint density at radius 2 is 1.71 bits per heavy atom. The van der Waals surface area contributed by atoms with Crippen LogP contribution in [0.5, 0.6) is 5.75 Å². The maximum Gasteiger partial charge on any atom is 0.339 e. The van der Waals surface area contributed by atoms with Crippen LogP contribution in [-0.4, -0.2) is 57.8 Å². The van der Waals surface area contributed by atoms with Gasteiger partial charge in [-0.25, -0.2) is 4.79 Å². The minimum absolute atomic E-state index is 0.126. The van der Waals surface area contributed by atoms with Crippen LogP contribution >= 0.6 is 15.9 Å². The first-order chi connectivity index (χ1) is 10.1. The third kappa shape index (κ3) is 7.42. The van der Waals surface area contributed by atoms with E-state index < -0.39 is 5.97 Å². The molecule has 1 rings (SSSR count). The molecule has 0 amide bonds. The second kappa shape index (κ2) is 10.6. The summed E-state index contributed by atoms with van der Waals surface area (Å²) in [4.78, 5) is 11.0. The lowest BCUT2D eigenvalue weighted by atomic mass is 10.2. The van der Waals surface area contributed by atoms with Gasteiger partial charge in [-0.15, -0.1) is 0 Å². The van der Waals surface area contributed by atoms with Gasteiger partial charge in [0.25, 0.3) is 0 Å². The summed E-state index contributed by atoms with van der Waals surface area (Å²) in [7, 11) is 1.62. The SMILES string of the molecule is COCCOCCOCCOc1cc(Br)ccc1C(=O)O. The Morgan fingerprint density at radius 3 is 2.33 bits per heavy atom. The summed E-state index contributed by atoms with van der Waals surface area (Å²) in [5, 5.41) is 9.05. The summed E-state index contributed by atoms with van der Waals surface area (Å²) in [6, 6.07) is 4.77. The van der Waals surface area contributed by atoms with Crippen LogP contribution in [0.1, 0.15) is 10.4 Å². The van der Waals surface area contributed by atoms with Crippen molar-refractivity contribution in [3.05, 3.63) is 28.2 Å². The van der Waals surface area contributed by atoms with Gasteiger partial charge in [0.2, 0.25) is 0 Å². The van der Waals surface area contributed by atoms with Crippen LogP contribution in [0.15, 0.2) is 22.7 Å². The van der Waals surface area contributed by atoms with Crippen molar-refractivity contribution in [2.75, 3.05) is 46.8 Å². The number of aromatic carboxylic acids is 1. The Labute approximate surface area is 132 Å². The van der Waals surface area contributed by atoms with E-state index in [0.717, 1.165) is 4.47 Å². The lowest BCUT2D eigenvalue weighted by Gasteiger charge is -2.10. The summed E-state index contributed by atoms with van der Waals surface area (Å²) in [5.41, 5.74) is 0.126. The number of methoxy groups -OCH3 is 1. The van der Waals surface area contributed by atoms with Crippen molar-refractivity contribution in [2.45, 2.75) is 0 Å². The zero-order valence-corrected chi connectivity index (χ0v) is 13.4. The summed E-state index contributed by atoms with van der Waals surface area (Å²) in [6.45, 7) is 2.67. The van der Waals surface area contributed by atoms with E-state index in [4.69, 9.17) is 24.1 Å². The molecule has 1 N–H and O–H groups in total. The van der Waals surface area contributed by atoms with E-state index in [1.54, 1.807) is 19.2 Å². The first kappa shape index (κ1) is 17.9. The smallest absolute Gasteiger partial charge is 0.339 e. The Balaban J connectivity index is 2.21. The zero-order chi connectivity index (χ0) is 15.5. The third-order valence-corrected chi connectivity index (χ3v) is 2.96. The van der Waals surface area contributed by atoms with E-state index in [-0.39, 0.29) is 12.2 Å². The van der Waals surface area contributed by atoms with Gasteiger partial charge in [-0.2, -0.15) is 0 Å². The average molecular weight is 363 g/mol. The van der Waals surface area contributed by atoms with Crippen LogP contribution in [0.4, 0.5) is 0 Å². The van der Waals surface area contributed by atoms with Gasteiger partial charge in [-0.3, -0.25) is 0 Å². The standard InChI is InChI=1S/C14H19BrO6/c1-18-4-5-19-6-7-20-8-9-21-13-10-11(15)2-3-12(13)14(16)17/h2-3,10H,4-9H2,1H3,(H,16,17). The van der Waals surface area contributed by atoms with Gasteiger partial charge in [-0.1, -0.05) is 15.9 Å². The van der Waals surface area contributed by atoms with E-state index in [1.807, 2.05) is 0 Å². The Hall–Kier alpha value is -1.15. The van der Waals surface area contributed by atoms with Crippen molar-refractivity contribution in [3.63, 3.8) is 0 Å². The molecule has 1 aromatic carbocycles. The monoisotopic (exact) mass is 362 g/mol. The molecule has 0 saturated carbocycles. The molecule has 0 aromatic heterocycles. The first-order valence-electron chi connectivity index (χ1n) is 6.45. The number of halogens is 1. The molecule has 0 unspecified atom stereocenters. The molecule has 6 nitrogen and oxygen atoms in total. The number of hydrogen-bond donors (Lipinski definition) is 1. The van der Waals surface area contributed by atoms with Crippen molar-refractivity contribution >= 4 is 21.9 Å². The number of hydrogen-bond acceptors (Lipinski definition) is 5. The van der Waals surface area contributed by atoms with Crippen LogP contribution in [0.25, 0.3) is 0 Å². The van der Waals surface area contributed by atoms with Gasteiger partial charge in [0, 0.05) is 11.6 Å². The topological polar surface area (TPSA) is 74.2 Å². The van der Waals surface area contributed by atoms with Gasteiger partial charge in [0.05, 0.1) is 33.0 Å². The van der Waals surface area contributed by atoms with Crippen LogP contribution in [0.3, 0.4) is 0 Å². The largest absolute Gasteiger partial charge is 0.490 e. The predicted octanol–water partition coefficient (Wildman–Crippen LogP) is 2.21. The molecule has 21 heavy (non-hydrogen) atoms. The highest BCUT2D eigenvalue weighted by Crippen LogP contribution is 2.23. The molecule has 0 atom stereocenters. The summed E-state index contributed by atoms with van der Waals surface area (Å²) in [6.07, 6.45) is 0. The van der Waals surface area contributed by atoms with Crippen molar-refractivity contribution in [3.8, 4) is 5.75 Å².